The third-order valence-electron chi connectivity index (χ3n) is 3.86. The molecule has 0 bridgehead atoms. The van der Waals surface area contributed by atoms with E-state index in [1.165, 1.54) is 25.7 Å². The third kappa shape index (κ3) is 6.06. The second-order valence-corrected chi connectivity index (χ2v) is 5.71. The quantitative estimate of drug-likeness (QED) is 0.476. The van der Waals surface area contributed by atoms with Crippen molar-refractivity contribution in [2.75, 3.05) is 19.7 Å². The Morgan fingerprint density at radius 1 is 1.20 bits per heavy atom. The number of amides is 1. The van der Waals surface area contributed by atoms with E-state index in [4.69, 9.17) is 10.8 Å². The van der Waals surface area contributed by atoms with Crippen molar-refractivity contribution in [3.63, 3.8) is 0 Å². The Labute approximate surface area is 123 Å². The number of nitrogens with zero attached hydrogens (tertiary/aromatic N) is 1. The van der Waals surface area contributed by atoms with Crippen molar-refractivity contribution in [1.29, 1.82) is 0 Å². The molecule has 1 aliphatic carbocycles. The summed E-state index contributed by atoms with van der Waals surface area (Å²) in [6.07, 6.45) is 11.2. The first-order chi connectivity index (χ1) is 9.69. The molecule has 116 valence electrons. The summed E-state index contributed by atoms with van der Waals surface area (Å²) in [6, 6.07) is 0.0215. The van der Waals surface area contributed by atoms with Crippen molar-refractivity contribution in [2.45, 2.75) is 57.9 Å². The first kappa shape index (κ1) is 17.2. The first-order valence-electron chi connectivity index (χ1n) is 8.02. The van der Waals surface area contributed by atoms with E-state index in [0.29, 0.717) is 13.0 Å². The van der Waals surface area contributed by atoms with Crippen molar-refractivity contribution in [3.05, 3.63) is 12.2 Å². The number of rotatable bonds is 10. The van der Waals surface area contributed by atoms with Crippen LogP contribution >= 0.6 is 0 Å². The molecule has 0 saturated heterocycles. The van der Waals surface area contributed by atoms with E-state index < -0.39 is 0 Å². The van der Waals surface area contributed by atoms with E-state index in [1.807, 2.05) is 17.1 Å². The standard InChI is InChI=1S/C16H30N2O2/c1-2-3-4-5-6-10-18(11-7-12-19)16(20)14-8-9-15(17)13-14/h8-9,14-15,19H,2-7,10-13,17H2,1H3. The minimum Gasteiger partial charge on any atom is -0.396 e. The number of hydrogen-bond acceptors (Lipinski definition) is 3. The number of carbonyl (C=O) groups excluding carboxylic acids is 1. The fourth-order valence-corrected chi connectivity index (χ4v) is 2.64. The summed E-state index contributed by atoms with van der Waals surface area (Å²) in [5.41, 5.74) is 5.82. The normalized spacial score (nSPS) is 21.4. The highest BCUT2D eigenvalue weighted by Gasteiger charge is 2.26. The topological polar surface area (TPSA) is 66.6 Å². The summed E-state index contributed by atoms with van der Waals surface area (Å²) in [5, 5.41) is 8.97. The predicted octanol–water partition coefficient (Wildman–Crippen LogP) is 2.07. The zero-order valence-corrected chi connectivity index (χ0v) is 12.8. The Morgan fingerprint density at radius 2 is 1.90 bits per heavy atom. The Kier molecular flexibility index (Phi) is 8.54. The summed E-state index contributed by atoms with van der Waals surface area (Å²) in [6.45, 7) is 3.80. The van der Waals surface area contributed by atoms with Gasteiger partial charge in [-0.2, -0.15) is 0 Å². The van der Waals surface area contributed by atoms with Gasteiger partial charge in [-0.1, -0.05) is 44.8 Å². The molecule has 20 heavy (non-hydrogen) atoms. The van der Waals surface area contributed by atoms with Gasteiger partial charge < -0.3 is 15.7 Å². The SMILES string of the molecule is CCCCCCCN(CCCO)C(=O)C1C=CC(N)C1. The zero-order chi connectivity index (χ0) is 14.8. The van der Waals surface area contributed by atoms with E-state index >= 15 is 0 Å². The van der Waals surface area contributed by atoms with Gasteiger partial charge >= 0.3 is 0 Å². The minimum absolute atomic E-state index is 0.0215. The summed E-state index contributed by atoms with van der Waals surface area (Å²) >= 11 is 0. The maximum atomic E-state index is 12.5. The average molecular weight is 282 g/mol. The van der Waals surface area contributed by atoms with Crippen LogP contribution < -0.4 is 5.73 Å². The molecule has 0 aliphatic heterocycles. The van der Waals surface area contributed by atoms with Crippen molar-refractivity contribution >= 4 is 5.91 Å². The third-order valence-corrected chi connectivity index (χ3v) is 3.86. The lowest BCUT2D eigenvalue weighted by atomic mass is 10.1. The van der Waals surface area contributed by atoms with E-state index in [2.05, 4.69) is 6.92 Å². The summed E-state index contributed by atoms with van der Waals surface area (Å²) in [7, 11) is 0. The van der Waals surface area contributed by atoms with Crippen molar-refractivity contribution in [3.8, 4) is 0 Å². The van der Waals surface area contributed by atoms with Crippen LogP contribution in [0.4, 0.5) is 0 Å². The molecule has 4 heteroatoms. The highest BCUT2D eigenvalue weighted by atomic mass is 16.3. The minimum atomic E-state index is -0.0562. The van der Waals surface area contributed by atoms with E-state index in [-0.39, 0.29) is 24.5 Å². The van der Waals surface area contributed by atoms with Crippen LogP contribution in [0.5, 0.6) is 0 Å². The fourth-order valence-electron chi connectivity index (χ4n) is 2.64. The maximum Gasteiger partial charge on any atom is 0.229 e. The molecule has 2 unspecified atom stereocenters. The number of carbonyl (C=O) groups is 1. The lowest BCUT2D eigenvalue weighted by Crippen LogP contribution is -2.37. The second kappa shape index (κ2) is 9.94. The molecule has 1 amide bonds. The molecular weight excluding hydrogens is 252 g/mol. The molecule has 0 aromatic carbocycles. The molecule has 0 heterocycles. The molecule has 3 N–H and O–H groups in total. The highest BCUT2D eigenvalue weighted by molar-refractivity contribution is 5.81. The smallest absolute Gasteiger partial charge is 0.229 e. The van der Waals surface area contributed by atoms with Crippen LogP contribution in [-0.2, 0) is 4.79 Å². The molecule has 0 radical (unpaired) electrons. The monoisotopic (exact) mass is 282 g/mol. The van der Waals surface area contributed by atoms with Gasteiger partial charge in [0.1, 0.15) is 0 Å². The Hall–Kier alpha value is -0.870. The lowest BCUT2D eigenvalue weighted by Gasteiger charge is -2.25. The van der Waals surface area contributed by atoms with Crippen LogP contribution in [0.3, 0.4) is 0 Å². The molecule has 0 saturated carbocycles. The second-order valence-electron chi connectivity index (χ2n) is 5.71. The summed E-state index contributed by atoms with van der Waals surface area (Å²) in [4.78, 5) is 14.4. The van der Waals surface area contributed by atoms with E-state index in [9.17, 15) is 4.79 Å². The Balaban J connectivity index is 2.38. The molecular formula is C16H30N2O2. The van der Waals surface area contributed by atoms with Crippen LogP contribution in [0.2, 0.25) is 0 Å². The summed E-state index contributed by atoms with van der Waals surface area (Å²) in [5.74, 6) is 0.123. The number of hydrogen-bond donors (Lipinski definition) is 2. The van der Waals surface area contributed by atoms with Gasteiger partial charge in [0.2, 0.25) is 5.91 Å². The molecule has 0 spiro atoms. The van der Waals surface area contributed by atoms with Crippen molar-refractivity contribution < 1.29 is 9.90 Å². The summed E-state index contributed by atoms with van der Waals surface area (Å²) < 4.78 is 0. The molecule has 1 rings (SSSR count). The van der Waals surface area contributed by atoms with Gasteiger partial charge in [0.05, 0.1) is 5.92 Å². The van der Waals surface area contributed by atoms with Gasteiger partial charge in [0.15, 0.2) is 0 Å². The van der Waals surface area contributed by atoms with Gasteiger partial charge in [0.25, 0.3) is 0 Å². The van der Waals surface area contributed by atoms with Crippen molar-refractivity contribution in [1.82, 2.24) is 4.90 Å². The van der Waals surface area contributed by atoms with Gasteiger partial charge in [-0.05, 0) is 19.3 Å². The van der Waals surface area contributed by atoms with Crippen molar-refractivity contribution in [2.24, 2.45) is 11.7 Å². The van der Waals surface area contributed by atoms with Gasteiger partial charge in [-0.25, -0.2) is 0 Å². The van der Waals surface area contributed by atoms with Gasteiger partial charge in [-0.15, -0.1) is 0 Å². The molecule has 1 aliphatic rings. The fraction of sp³-hybridized carbons (Fsp3) is 0.812. The first-order valence-corrected chi connectivity index (χ1v) is 8.02. The zero-order valence-electron chi connectivity index (χ0n) is 12.8. The van der Waals surface area contributed by atoms with Crippen LogP contribution in [0, 0.1) is 5.92 Å². The van der Waals surface area contributed by atoms with Crippen LogP contribution in [-0.4, -0.2) is 41.7 Å². The molecule has 4 nitrogen and oxygen atoms in total. The molecule has 0 aromatic rings. The number of aliphatic hydroxyl groups is 1. The van der Waals surface area contributed by atoms with Gasteiger partial charge in [0, 0.05) is 25.7 Å². The number of unbranched alkanes of at least 4 members (excludes halogenated alkanes) is 4. The van der Waals surface area contributed by atoms with Crippen LogP contribution in [0.15, 0.2) is 12.2 Å². The Bertz CT molecular complexity index is 305. The Morgan fingerprint density at radius 3 is 2.50 bits per heavy atom. The molecule has 0 fully saturated rings. The van der Waals surface area contributed by atoms with Crippen LogP contribution in [0.1, 0.15) is 51.9 Å². The maximum absolute atomic E-state index is 12.5. The van der Waals surface area contributed by atoms with Crippen LogP contribution in [0.25, 0.3) is 0 Å². The lowest BCUT2D eigenvalue weighted by molar-refractivity contribution is -0.134. The number of nitrogens with two attached hydrogens (primary N) is 1. The highest BCUT2D eigenvalue weighted by Crippen LogP contribution is 2.19. The van der Waals surface area contributed by atoms with E-state index in [0.717, 1.165) is 19.4 Å². The van der Waals surface area contributed by atoms with Gasteiger partial charge in [-0.3, -0.25) is 4.79 Å². The average Bonchev–Trinajstić information content (AvgIpc) is 2.88. The molecule has 0 aromatic heterocycles. The molecule has 2 atom stereocenters. The number of aliphatic hydroxyl groups excluding tert-OH is 1. The predicted molar refractivity (Wildman–Crippen MR) is 82.3 cm³/mol. The van der Waals surface area contributed by atoms with E-state index in [1.54, 1.807) is 0 Å². The largest absolute Gasteiger partial charge is 0.396 e.